The summed E-state index contributed by atoms with van der Waals surface area (Å²) in [4.78, 5) is 14.4. The normalized spacial score (nSPS) is 24.1. The highest BCUT2D eigenvalue weighted by Crippen LogP contribution is 2.25. The van der Waals surface area contributed by atoms with E-state index in [1.165, 1.54) is 0 Å². The molecule has 1 aliphatic heterocycles. The van der Waals surface area contributed by atoms with Crippen molar-refractivity contribution in [1.82, 2.24) is 4.90 Å². The number of piperidine rings is 1. The molecule has 1 heterocycles. The van der Waals surface area contributed by atoms with Crippen molar-refractivity contribution in [3.8, 4) is 0 Å². The van der Waals surface area contributed by atoms with Crippen LogP contribution in [0.4, 0.5) is 5.69 Å². The quantitative estimate of drug-likeness (QED) is 0.774. The maximum Gasteiger partial charge on any atom is 0.255 e. The van der Waals surface area contributed by atoms with Crippen LogP contribution in [0, 0.1) is 18.8 Å². The number of aryl methyl sites for hydroxylation is 1. The monoisotopic (exact) mass is 246 g/mol. The standard InChI is InChI=1S/C15H22N2O/c1-10-7-8-17(9-12(10)3)15(18)13-6-4-5-11(2)14(13)16/h4-6,10,12H,7-9,16H2,1-3H3. The maximum absolute atomic E-state index is 12.5. The van der Waals surface area contributed by atoms with Crippen LogP contribution in [0.15, 0.2) is 18.2 Å². The molecule has 98 valence electrons. The van der Waals surface area contributed by atoms with Gasteiger partial charge in [0.25, 0.3) is 5.91 Å². The van der Waals surface area contributed by atoms with Gasteiger partial charge in [0.2, 0.25) is 0 Å². The topological polar surface area (TPSA) is 46.3 Å². The molecule has 2 unspecified atom stereocenters. The zero-order valence-corrected chi connectivity index (χ0v) is 11.4. The Morgan fingerprint density at radius 1 is 1.33 bits per heavy atom. The molecule has 2 N–H and O–H groups in total. The summed E-state index contributed by atoms with van der Waals surface area (Å²) in [6.07, 6.45) is 1.08. The number of nitrogen functional groups attached to an aromatic ring is 1. The summed E-state index contributed by atoms with van der Waals surface area (Å²) in [7, 11) is 0. The fourth-order valence-corrected chi connectivity index (χ4v) is 2.48. The van der Waals surface area contributed by atoms with E-state index < -0.39 is 0 Å². The van der Waals surface area contributed by atoms with E-state index in [0.717, 1.165) is 25.1 Å². The number of nitrogens with zero attached hydrogens (tertiary/aromatic N) is 1. The fourth-order valence-electron chi connectivity index (χ4n) is 2.48. The number of benzene rings is 1. The first kappa shape index (κ1) is 12.9. The molecule has 2 atom stereocenters. The van der Waals surface area contributed by atoms with Crippen LogP contribution in [-0.2, 0) is 0 Å². The second kappa shape index (κ2) is 5.01. The molecule has 0 aliphatic carbocycles. The minimum Gasteiger partial charge on any atom is -0.398 e. The Kier molecular flexibility index (Phi) is 3.60. The second-order valence-corrected chi connectivity index (χ2v) is 5.53. The van der Waals surface area contributed by atoms with Gasteiger partial charge in [-0.2, -0.15) is 0 Å². The van der Waals surface area contributed by atoms with Crippen LogP contribution < -0.4 is 5.73 Å². The third kappa shape index (κ3) is 2.35. The summed E-state index contributed by atoms with van der Waals surface area (Å²) in [6.45, 7) is 8.09. The van der Waals surface area contributed by atoms with Gasteiger partial charge in [0, 0.05) is 18.8 Å². The van der Waals surface area contributed by atoms with Crippen molar-refractivity contribution in [1.29, 1.82) is 0 Å². The van der Waals surface area contributed by atoms with Crippen molar-refractivity contribution in [2.24, 2.45) is 11.8 Å². The van der Waals surface area contributed by atoms with Crippen LogP contribution >= 0.6 is 0 Å². The van der Waals surface area contributed by atoms with Gasteiger partial charge >= 0.3 is 0 Å². The fraction of sp³-hybridized carbons (Fsp3) is 0.533. The lowest BCUT2D eigenvalue weighted by molar-refractivity contribution is 0.0628. The summed E-state index contributed by atoms with van der Waals surface area (Å²) >= 11 is 0. The number of anilines is 1. The number of hydrogen-bond acceptors (Lipinski definition) is 2. The lowest BCUT2D eigenvalue weighted by Crippen LogP contribution is -2.42. The average Bonchev–Trinajstić information content (AvgIpc) is 2.35. The van der Waals surface area contributed by atoms with E-state index in [0.29, 0.717) is 23.1 Å². The van der Waals surface area contributed by atoms with Crippen molar-refractivity contribution in [3.05, 3.63) is 29.3 Å². The van der Waals surface area contributed by atoms with Crippen molar-refractivity contribution >= 4 is 11.6 Å². The molecule has 18 heavy (non-hydrogen) atoms. The van der Waals surface area contributed by atoms with E-state index >= 15 is 0 Å². The Hall–Kier alpha value is -1.51. The van der Waals surface area contributed by atoms with Gasteiger partial charge in [-0.1, -0.05) is 26.0 Å². The van der Waals surface area contributed by atoms with Crippen LogP contribution in [-0.4, -0.2) is 23.9 Å². The third-order valence-corrected chi connectivity index (χ3v) is 4.18. The summed E-state index contributed by atoms with van der Waals surface area (Å²) in [5, 5.41) is 0. The Labute approximate surface area is 109 Å². The van der Waals surface area contributed by atoms with Crippen LogP contribution in [0.25, 0.3) is 0 Å². The lowest BCUT2D eigenvalue weighted by Gasteiger charge is -2.35. The number of rotatable bonds is 1. The molecule has 1 aromatic rings. The van der Waals surface area contributed by atoms with Crippen molar-refractivity contribution in [2.45, 2.75) is 27.2 Å². The zero-order valence-electron chi connectivity index (χ0n) is 11.4. The first-order valence-electron chi connectivity index (χ1n) is 6.65. The summed E-state index contributed by atoms with van der Waals surface area (Å²) in [5.41, 5.74) is 8.25. The molecule has 0 saturated carbocycles. The highest BCUT2D eigenvalue weighted by atomic mass is 16.2. The van der Waals surface area contributed by atoms with Crippen molar-refractivity contribution < 1.29 is 4.79 Å². The van der Waals surface area contributed by atoms with Crippen molar-refractivity contribution in [2.75, 3.05) is 18.8 Å². The van der Waals surface area contributed by atoms with Gasteiger partial charge in [-0.15, -0.1) is 0 Å². The summed E-state index contributed by atoms with van der Waals surface area (Å²) in [6, 6.07) is 5.66. The van der Waals surface area contributed by atoms with E-state index in [4.69, 9.17) is 5.73 Å². The Balaban J connectivity index is 2.19. The van der Waals surface area contributed by atoms with Crippen LogP contribution in [0.3, 0.4) is 0 Å². The number of nitrogens with two attached hydrogens (primary N) is 1. The highest BCUT2D eigenvalue weighted by molar-refractivity contribution is 5.99. The van der Waals surface area contributed by atoms with Crippen LogP contribution in [0.5, 0.6) is 0 Å². The largest absolute Gasteiger partial charge is 0.398 e. The molecule has 3 nitrogen and oxygen atoms in total. The summed E-state index contributed by atoms with van der Waals surface area (Å²) in [5.74, 6) is 1.34. The number of amides is 1. The first-order chi connectivity index (χ1) is 8.50. The highest BCUT2D eigenvalue weighted by Gasteiger charge is 2.27. The van der Waals surface area contributed by atoms with E-state index in [1.807, 2.05) is 30.0 Å². The van der Waals surface area contributed by atoms with Crippen molar-refractivity contribution in [3.63, 3.8) is 0 Å². The number of para-hydroxylation sites is 1. The molecule has 1 saturated heterocycles. The predicted molar refractivity (Wildman–Crippen MR) is 74.4 cm³/mol. The van der Waals surface area contributed by atoms with Gasteiger partial charge in [0.05, 0.1) is 5.56 Å². The maximum atomic E-state index is 12.5. The molecular weight excluding hydrogens is 224 g/mol. The van der Waals surface area contributed by atoms with Crippen LogP contribution in [0.2, 0.25) is 0 Å². The molecule has 0 aromatic heterocycles. The van der Waals surface area contributed by atoms with Gasteiger partial charge in [-0.3, -0.25) is 4.79 Å². The molecule has 2 rings (SSSR count). The van der Waals surface area contributed by atoms with Gasteiger partial charge in [0.1, 0.15) is 0 Å². The van der Waals surface area contributed by atoms with Gasteiger partial charge in [-0.25, -0.2) is 0 Å². The Morgan fingerprint density at radius 2 is 2.06 bits per heavy atom. The Bertz CT molecular complexity index is 456. The van der Waals surface area contributed by atoms with E-state index in [1.54, 1.807) is 0 Å². The van der Waals surface area contributed by atoms with Crippen LogP contribution in [0.1, 0.15) is 36.2 Å². The van der Waals surface area contributed by atoms with E-state index in [2.05, 4.69) is 13.8 Å². The molecule has 1 amide bonds. The molecule has 0 radical (unpaired) electrons. The molecule has 1 aromatic carbocycles. The minimum atomic E-state index is 0.0787. The van der Waals surface area contributed by atoms with Gasteiger partial charge < -0.3 is 10.6 Å². The molecule has 3 heteroatoms. The number of carbonyl (C=O) groups excluding carboxylic acids is 1. The molecule has 0 spiro atoms. The third-order valence-electron chi connectivity index (χ3n) is 4.18. The SMILES string of the molecule is Cc1cccc(C(=O)N2CCC(C)C(C)C2)c1N. The molecular formula is C15H22N2O. The second-order valence-electron chi connectivity index (χ2n) is 5.53. The molecule has 0 bridgehead atoms. The zero-order chi connectivity index (χ0) is 13.3. The van der Waals surface area contributed by atoms with E-state index in [9.17, 15) is 4.79 Å². The minimum absolute atomic E-state index is 0.0787. The number of carbonyl (C=O) groups is 1. The lowest BCUT2D eigenvalue weighted by atomic mass is 9.88. The average molecular weight is 246 g/mol. The number of hydrogen-bond donors (Lipinski definition) is 1. The predicted octanol–water partition coefficient (Wildman–Crippen LogP) is 2.70. The molecule has 1 aliphatic rings. The number of likely N-dealkylation sites (tertiary alicyclic amines) is 1. The summed E-state index contributed by atoms with van der Waals surface area (Å²) < 4.78 is 0. The first-order valence-corrected chi connectivity index (χ1v) is 6.65. The van der Waals surface area contributed by atoms with E-state index in [-0.39, 0.29) is 5.91 Å². The van der Waals surface area contributed by atoms with Gasteiger partial charge in [0.15, 0.2) is 0 Å². The smallest absolute Gasteiger partial charge is 0.255 e. The molecule has 1 fully saturated rings. The van der Waals surface area contributed by atoms with Gasteiger partial charge in [-0.05, 0) is 36.8 Å². The Morgan fingerprint density at radius 3 is 2.72 bits per heavy atom.